The monoisotopic (exact) mass is 347 g/mol. The third-order valence-corrected chi connectivity index (χ3v) is 3.17. The van der Waals surface area contributed by atoms with E-state index in [9.17, 15) is 19.1 Å². The van der Waals surface area contributed by atoms with Gasteiger partial charge in [-0.3, -0.25) is 0 Å². The van der Waals surface area contributed by atoms with Gasteiger partial charge in [0.05, 0.1) is 5.69 Å². The Balaban J connectivity index is 3.33. The first kappa shape index (κ1) is 16.4. The van der Waals surface area contributed by atoms with E-state index in [2.05, 4.69) is 15.9 Å². The second kappa shape index (κ2) is 5.78. The van der Waals surface area contributed by atoms with Crippen LogP contribution in [0.2, 0.25) is 0 Å². The Morgan fingerprint density at radius 3 is 2.35 bits per heavy atom. The van der Waals surface area contributed by atoms with Crippen LogP contribution < -0.4 is 4.90 Å². The maximum atomic E-state index is 13.9. The number of anilines is 1. The second-order valence-electron chi connectivity index (χ2n) is 5.10. The van der Waals surface area contributed by atoms with Gasteiger partial charge < -0.3 is 9.84 Å². The average Bonchev–Trinajstić information content (AvgIpc) is 2.26. The van der Waals surface area contributed by atoms with Gasteiger partial charge in [-0.25, -0.2) is 14.0 Å². The van der Waals surface area contributed by atoms with Crippen LogP contribution in [0.4, 0.5) is 19.7 Å². The van der Waals surface area contributed by atoms with Crippen molar-refractivity contribution in [3.05, 3.63) is 28.0 Å². The molecule has 20 heavy (non-hydrogen) atoms. The highest BCUT2D eigenvalue weighted by atomic mass is 79.9. The lowest BCUT2D eigenvalue weighted by molar-refractivity contribution is 0.0580. The zero-order valence-corrected chi connectivity index (χ0v) is 13.1. The molecule has 0 heterocycles. The van der Waals surface area contributed by atoms with Crippen molar-refractivity contribution in [1.29, 1.82) is 0 Å². The Morgan fingerprint density at radius 1 is 1.35 bits per heavy atom. The van der Waals surface area contributed by atoms with Gasteiger partial charge in [0, 0.05) is 4.47 Å². The number of hydrogen-bond donors (Lipinski definition) is 1. The summed E-state index contributed by atoms with van der Waals surface area (Å²) in [5.41, 5.74) is -0.944. The van der Waals surface area contributed by atoms with E-state index < -0.39 is 23.6 Å². The molecule has 1 aromatic rings. The van der Waals surface area contributed by atoms with E-state index in [1.165, 1.54) is 13.0 Å². The molecule has 0 aromatic heterocycles. The van der Waals surface area contributed by atoms with Crippen LogP contribution in [0.1, 0.15) is 26.3 Å². The highest BCUT2D eigenvalue weighted by molar-refractivity contribution is 9.10. The first-order valence-electron chi connectivity index (χ1n) is 5.75. The molecule has 110 valence electrons. The Morgan fingerprint density at radius 2 is 1.90 bits per heavy atom. The number of hydrogen-bond acceptors (Lipinski definition) is 3. The van der Waals surface area contributed by atoms with Crippen LogP contribution in [-0.4, -0.2) is 22.9 Å². The molecule has 0 fully saturated rings. The van der Waals surface area contributed by atoms with E-state index in [4.69, 9.17) is 4.74 Å². The normalized spacial score (nSPS) is 11.1. The van der Waals surface area contributed by atoms with Crippen LogP contribution in [0, 0.1) is 12.7 Å². The largest absolute Gasteiger partial charge is 0.464 e. The van der Waals surface area contributed by atoms with Gasteiger partial charge in [0.2, 0.25) is 0 Å². The number of rotatable bonds is 1. The summed E-state index contributed by atoms with van der Waals surface area (Å²) in [5, 5.41) is 9.18. The van der Waals surface area contributed by atoms with E-state index in [1.54, 1.807) is 20.8 Å². The summed E-state index contributed by atoms with van der Waals surface area (Å²) in [5.74, 6) is -0.820. The molecule has 1 N–H and O–H groups in total. The van der Waals surface area contributed by atoms with Crippen molar-refractivity contribution < 1.29 is 23.8 Å². The molecule has 0 unspecified atom stereocenters. The van der Waals surface area contributed by atoms with E-state index in [0.29, 0.717) is 10.0 Å². The van der Waals surface area contributed by atoms with Gasteiger partial charge in [-0.2, -0.15) is 4.90 Å². The molecular weight excluding hydrogens is 333 g/mol. The highest BCUT2D eigenvalue weighted by Crippen LogP contribution is 2.31. The van der Waals surface area contributed by atoms with E-state index >= 15 is 0 Å². The zero-order chi connectivity index (χ0) is 15.7. The Hall–Kier alpha value is -1.63. The maximum absolute atomic E-state index is 13.9. The quantitative estimate of drug-likeness (QED) is 0.821. The molecule has 1 aromatic carbocycles. The Labute approximate surface area is 124 Å². The number of amides is 2. The molecule has 0 aliphatic heterocycles. The Kier molecular flexibility index (Phi) is 4.75. The summed E-state index contributed by atoms with van der Waals surface area (Å²) in [6, 6.07) is 2.51. The summed E-state index contributed by atoms with van der Waals surface area (Å²) in [7, 11) is 0. The molecule has 7 heteroatoms. The number of ether oxygens (including phenoxy) is 1. The lowest BCUT2D eigenvalue weighted by Crippen LogP contribution is -2.41. The fraction of sp³-hybridized carbons (Fsp3) is 0.385. The number of carbonyl (C=O) groups is 2. The minimum Gasteiger partial charge on any atom is -0.464 e. The summed E-state index contributed by atoms with van der Waals surface area (Å²) in [6.07, 6.45) is -2.76. The minimum absolute atomic E-state index is 0.265. The van der Waals surface area contributed by atoms with Crippen LogP contribution in [0.3, 0.4) is 0 Å². The van der Waals surface area contributed by atoms with Gasteiger partial charge in [-0.1, -0.05) is 15.9 Å². The average molecular weight is 348 g/mol. The smallest absolute Gasteiger partial charge is 0.424 e. The van der Waals surface area contributed by atoms with E-state index in [-0.39, 0.29) is 10.6 Å². The first-order chi connectivity index (χ1) is 9.04. The number of carboxylic acid groups (broad SMARTS) is 1. The van der Waals surface area contributed by atoms with Crippen molar-refractivity contribution in [2.45, 2.75) is 33.3 Å². The number of benzene rings is 1. The topological polar surface area (TPSA) is 66.8 Å². The number of carbonyl (C=O) groups excluding carboxylic acids is 1. The molecule has 1 rings (SSSR count). The molecule has 0 saturated heterocycles. The summed E-state index contributed by atoms with van der Waals surface area (Å²) in [6.45, 7) is 6.28. The van der Waals surface area contributed by atoms with E-state index in [0.717, 1.165) is 6.07 Å². The first-order valence-corrected chi connectivity index (χ1v) is 6.54. The lowest BCUT2D eigenvalue weighted by atomic mass is 10.1. The molecule has 0 radical (unpaired) electrons. The number of halogens is 2. The number of nitrogens with zero attached hydrogens (tertiary/aromatic N) is 1. The van der Waals surface area contributed by atoms with Crippen LogP contribution in [0.5, 0.6) is 0 Å². The highest BCUT2D eigenvalue weighted by Gasteiger charge is 2.32. The SMILES string of the molecule is Cc1c(Br)ccc(F)c1N(C(=O)O)C(=O)OC(C)(C)C. The molecule has 0 bridgehead atoms. The molecule has 2 amide bonds. The van der Waals surface area contributed by atoms with Gasteiger partial charge in [0.1, 0.15) is 11.4 Å². The second-order valence-corrected chi connectivity index (χ2v) is 5.96. The summed E-state index contributed by atoms with van der Waals surface area (Å²) >= 11 is 3.17. The van der Waals surface area contributed by atoms with Gasteiger partial charge in [-0.15, -0.1) is 0 Å². The fourth-order valence-electron chi connectivity index (χ4n) is 1.49. The molecule has 0 aliphatic rings. The number of imide groups is 1. The van der Waals surface area contributed by atoms with Gasteiger partial charge in [0.25, 0.3) is 0 Å². The van der Waals surface area contributed by atoms with Crippen molar-refractivity contribution in [2.75, 3.05) is 4.90 Å². The van der Waals surface area contributed by atoms with E-state index in [1.807, 2.05) is 0 Å². The lowest BCUT2D eigenvalue weighted by Gasteiger charge is -2.25. The molecule has 0 saturated carbocycles. The summed E-state index contributed by atoms with van der Waals surface area (Å²) < 4.78 is 19.4. The predicted octanol–water partition coefficient (Wildman–Crippen LogP) is 4.32. The zero-order valence-electron chi connectivity index (χ0n) is 11.5. The van der Waals surface area contributed by atoms with Crippen LogP contribution in [0.25, 0.3) is 0 Å². The van der Waals surface area contributed by atoms with Gasteiger partial charge >= 0.3 is 12.2 Å². The summed E-state index contributed by atoms with van der Waals surface area (Å²) in [4.78, 5) is 23.5. The van der Waals surface area contributed by atoms with Crippen molar-refractivity contribution in [1.82, 2.24) is 0 Å². The Bertz CT molecular complexity index is 554. The molecule has 0 spiro atoms. The van der Waals surface area contributed by atoms with Crippen LogP contribution in [0.15, 0.2) is 16.6 Å². The predicted molar refractivity (Wildman–Crippen MR) is 75.6 cm³/mol. The fourth-order valence-corrected chi connectivity index (χ4v) is 1.81. The minimum atomic E-state index is -1.61. The third-order valence-electron chi connectivity index (χ3n) is 2.31. The van der Waals surface area contributed by atoms with Gasteiger partial charge in [0.15, 0.2) is 0 Å². The maximum Gasteiger partial charge on any atom is 0.424 e. The van der Waals surface area contributed by atoms with Crippen molar-refractivity contribution in [3.8, 4) is 0 Å². The standard InChI is InChI=1S/C13H15BrFNO4/c1-7-8(14)5-6-9(15)10(7)16(11(17)18)12(19)20-13(2,3)4/h5-6H,1-4H3,(H,17,18). The van der Waals surface area contributed by atoms with Gasteiger partial charge in [-0.05, 0) is 45.4 Å². The molecule has 0 aliphatic carbocycles. The van der Waals surface area contributed by atoms with Crippen molar-refractivity contribution in [3.63, 3.8) is 0 Å². The molecular formula is C13H15BrFNO4. The van der Waals surface area contributed by atoms with Crippen molar-refractivity contribution >= 4 is 33.8 Å². The van der Waals surface area contributed by atoms with Crippen LogP contribution in [-0.2, 0) is 4.74 Å². The third kappa shape index (κ3) is 3.69. The van der Waals surface area contributed by atoms with Crippen LogP contribution >= 0.6 is 15.9 Å². The molecule has 5 nitrogen and oxygen atoms in total. The van der Waals surface area contributed by atoms with Crippen molar-refractivity contribution in [2.24, 2.45) is 0 Å². The molecule has 0 atom stereocenters.